The largest absolute Gasteiger partial charge is 0.481 e. The van der Waals surface area contributed by atoms with Gasteiger partial charge in [0.15, 0.2) is 0 Å². The van der Waals surface area contributed by atoms with Gasteiger partial charge >= 0.3 is 12.0 Å². The zero-order valence-electron chi connectivity index (χ0n) is 12.8. The number of hydrazone groups is 1. The minimum atomic E-state index is -0.898. The van der Waals surface area contributed by atoms with Gasteiger partial charge in [0, 0.05) is 11.6 Å². The third kappa shape index (κ3) is 5.71. The van der Waals surface area contributed by atoms with Crippen LogP contribution in [0.15, 0.2) is 35.4 Å². The van der Waals surface area contributed by atoms with Crippen LogP contribution in [-0.2, 0) is 16.1 Å². The second-order valence-corrected chi connectivity index (χ2v) is 5.57. The van der Waals surface area contributed by atoms with Crippen LogP contribution in [0.2, 0.25) is 0 Å². The molecule has 1 aromatic carbocycles. The third-order valence-electron chi connectivity index (χ3n) is 3.80. The first-order valence-corrected chi connectivity index (χ1v) is 7.54. The quantitative estimate of drug-likeness (QED) is 0.694. The van der Waals surface area contributed by atoms with Gasteiger partial charge in [0.25, 0.3) is 0 Å². The van der Waals surface area contributed by atoms with Gasteiger partial charge in [0.05, 0.1) is 19.1 Å². The van der Waals surface area contributed by atoms with E-state index in [9.17, 15) is 9.59 Å². The van der Waals surface area contributed by atoms with Gasteiger partial charge in [-0.3, -0.25) is 4.79 Å². The summed E-state index contributed by atoms with van der Waals surface area (Å²) in [6.07, 6.45) is 1.83. The molecule has 124 valence electrons. The molecular formula is C16H21N3O4. The Kier molecular flexibility index (Phi) is 6.10. The highest BCUT2D eigenvalue weighted by Gasteiger charge is 2.29. The lowest BCUT2D eigenvalue weighted by atomic mass is 9.83. The van der Waals surface area contributed by atoms with Crippen LogP contribution in [0.1, 0.15) is 31.2 Å². The normalized spacial score (nSPS) is 22.7. The number of urea groups is 1. The summed E-state index contributed by atoms with van der Waals surface area (Å²) in [5.41, 5.74) is 8.92. The molecule has 0 saturated heterocycles. The second kappa shape index (κ2) is 8.28. The number of benzene rings is 1. The lowest BCUT2D eigenvalue weighted by Crippen LogP contribution is -2.34. The summed E-state index contributed by atoms with van der Waals surface area (Å²) in [5.74, 6) is -1.15. The van der Waals surface area contributed by atoms with Crippen molar-refractivity contribution in [3.8, 4) is 0 Å². The summed E-state index contributed by atoms with van der Waals surface area (Å²) in [7, 11) is 0. The Labute approximate surface area is 134 Å². The molecule has 0 aliphatic heterocycles. The summed E-state index contributed by atoms with van der Waals surface area (Å²) in [6, 6.07) is 9.07. The molecule has 2 rings (SSSR count). The van der Waals surface area contributed by atoms with E-state index >= 15 is 0 Å². The van der Waals surface area contributed by atoms with Gasteiger partial charge in [0.1, 0.15) is 0 Å². The third-order valence-corrected chi connectivity index (χ3v) is 3.80. The fraction of sp³-hybridized carbons (Fsp3) is 0.438. The molecule has 0 spiro atoms. The number of hydrogen-bond acceptors (Lipinski definition) is 4. The number of ether oxygens (including phenoxy) is 1. The highest BCUT2D eigenvalue weighted by atomic mass is 16.5. The highest BCUT2D eigenvalue weighted by Crippen LogP contribution is 2.27. The predicted octanol–water partition coefficient (Wildman–Crippen LogP) is 1.87. The molecule has 4 N–H and O–H groups in total. The Hall–Kier alpha value is -2.41. The number of rotatable bonds is 6. The van der Waals surface area contributed by atoms with E-state index in [1.165, 1.54) is 0 Å². The van der Waals surface area contributed by atoms with Crippen LogP contribution < -0.4 is 11.2 Å². The number of carboxylic acid groups (broad SMARTS) is 1. The number of carbonyl (C=O) groups excluding carboxylic acids is 1. The molecule has 1 aliphatic carbocycles. The molecule has 1 saturated carbocycles. The van der Waals surface area contributed by atoms with Crippen LogP contribution in [0, 0.1) is 5.92 Å². The molecule has 2 amide bonds. The molecule has 7 heteroatoms. The smallest absolute Gasteiger partial charge is 0.332 e. The number of amides is 2. The molecule has 1 fully saturated rings. The van der Waals surface area contributed by atoms with E-state index in [1.807, 2.05) is 30.3 Å². The van der Waals surface area contributed by atoms with Gasteiger partial charge < -0.3 is 15.6 Å². The van der Waals surface area contributed by atoms with Crippen molar-refractivity contribution in [2.24, 2.45) is 16.8 Å². The minimum absolute atomic E-state index is 0.0212. The maximum atomic E-state index is 11.0. The fourth-order valence-corrected chi connectivity index (χ4v) is 2.71. The molecule has 0 aromatic heterocycles. The highest BCUT2D eigenvalue weighted by molar-refractivity contribution is 5.91. The molecule has 7 nitrogen and oxygen atoms in total. The molecule has 0 bridgehead atoms. The maximum absolute atomic E-state index is 11.0. The van der Waals surface area contributed by atoms with Crippen LogP contribution in [0.3, 0.4) is 0 Å². The van der Waals surface area contributed by atoms with Crippen molar-refractivity contribution < 1.29 is 19.4 Å². The summed E-state index contributed by atoms with van der Waals surface area (Å²) in [6.45, 7) is 0.497. The number of hydrogen-bond donors (Lipinski definition) is 3. The van der Waals surface area contributed by atoms with Gasteiger partial charge in [-0.2, -0.15) is 5.10 Å². The molecular weight excluding hydrogens is 298 g/mol. The van der Waals surface area contributed by atoms with Gasteiger partial charge in [-0.1, -0.05) is 30.3 Å². The zero-order valence-corrected chi connectivity index (χ0v) is 12.8. The van der Waals surface area contributed by atoms with Crippen molar-refractivity contribution in [3.63, 3.8) is 0 Å². The number of nitrogens with one attached hydrogen (secondary N) is 1. The van der Waals surface area contributed by atoms with Crippen molar-refractivity contribution in [2.45, 2.75) is 38.4 Å². The number of carboxylic acids is 1. The zero-order chi connectivity index (χ0) is 16.7. The SMILES string of the molecule is NC(=O)N/N=C1\CC[C@@H](OCc2ccccc2)C[C@H]1CC(=O)O. The Morgan fingerprint density at radius 2 is 2.09 bits per heavy atom. The summed E-state index contributed by atoms with van der Waals surface area (Å²) >= 11 is 0. The lowest BCUT2D eigenvalue weighted by molar-refractivity contribution is -0.137. The predicted molar refractivity (Wildman–Crippen MR) is 84.8 cm³/mol. The summed E-state index contributed by atoms with van der Waals surface area (Å²) < 4.78 is 5.89. The monoisotopic (exact) mass is 319 g/mol. The first-order chi connectivity index (χ1) is 11.0. The van der Waals surface area contributed by atoms with E-state index < -0.39 is 12.0 Å². The Balaban J connectivity index is 1.94. The molecule has 0 radical (unpaired) electrons. The van der Waals surface area contributed by atoms with Crippen LogP contribution in [0.5, 0.6) is 0 Å². The van der Waals surface area contributed by atoms with Crippen LogP contribution in [0.25, 0.3) is 0 Å². The number of nitrogens with zero attached hydrogens (tertiary/aromatic N) is 1. The average Bonchev–Trinajstić information content (AvgIpc) is 2.52. The van der Waals surface area contributed by atoms with Crippen molar-refractivity contribution in [3.05, 3.63) is 35.9 Å². The summed E-state index contributed by atoms with van der Waals surface area (Å²) in [5, 5.41) is 13.0. The molecule has 2 atom stereocenters. The Bertz CT molecular complexity index is 574. The van der Waals surface area contributed by atoms with Crippen LogP contribution in [-0.4, -0.2) is 28.9 Å². The molecule has 23 heavy (non-hydrogen) atoms. The van der Waals surface area contributed by atoms with E-state index in [2.05, 4.69) is 10.5 Å². The van der Waals surface area contributed by atoms with E-state index in [4.69, 9.17) is 15.6 Å². The van der Waals surface area contributed by atoms with Crippen molar-refractivity contribution >= 4 is 17.7 Å². The number of primary amides is 1. The van der Waals surface area contributed by atoms with Crippen molar-refractivity contribution in [2.75, 3.05) is 0 Å². The topological polar surface area (TPSA) is 114 Å². The van der Waals surface area contributed by atoms with E-state index in [1.54, 1.807) is 0 Å². The first kappa shape index (κ1) is 17.0. The molecule has 1 aromatic rings. The molecule has 0 unspecified atom stereocenters. The number of aliphatic carboxylic acids is 1. The Morgan fingerprint density at radius 3 is 2.74 bits per heavy atom. The maximum Gasteiger partial charge on any atom is 0.332 e. The molecule has 1 aliphatic rings. The van der Waals surface area contributed by atoms with Gasteiger partial charge in [0.2, 0.25) is 0 Å². The van der Waals surface area contributed by atoms with E-state index in [0.717, 1.165) is 12.0 Å². The van der Waals surface area contributed by atoms with Gasteiger partial charge in [-0.15, -0.1) is 0 Å². The van der Waals surface area contributed by atoms with Crippen LogP contribution >= 0.6 is 0 Å². The minimum Gasteiger partial charge on any atom is -0.481 e. The standard InChI is InChI=1S/C16H21N3O4/c17-16(22)19-18-14-7-6-13(8-12(14)9-15(20)21)23-10-11-4-2-1-3-5-11/h1-5,12-13H,6-10H2,(H,20,21)(H3,17,19,22)/b18-14+/t12-,13+/m0/s1. The van der Waals surface area contributed by atoms with E-state index in [0.29, 0.717) is 25.2 Å². The van der Waals surface area contributed by atoms with Crippen molar-refractivity contribution in [1.29, 1.82) is 0 Å². The number of carbonyl (C=O) groups is 2. The van der Waals surface area contributed by atoms with Gasteiger partial charge in [-0.25, -0.2) is 10.2 Å². The first-order valence-electron chi connectivity index (χ1n) is 7.54. The summed E-state index contributed by atoms with van der Waals surface area (Å²) in [4.78, 5) is 21.8. The van der Waals surface area contributed by atoms with E-state index in [-0.39, 0.29) is 18.4 Å². The molecule has 0 heterocycles. The average molecular weight is 319 g/mol. The van der Waals surface area contributed by atoms with Crippen LogP contribution in [0.4, 0.5) is 4.79 Å². The van der Waals surface area contributed by atoms with Gasteiger partial charge in [-0.05, 0) is 24.8 Å². The second-order valence-electron chi connectivity index (χ2n) is 5.57. The van der Waals surface area contributed by atoms with Crippen molar-refractivity contribution in [1.82, 2.24) is 5.43 Å². The Morgan fingerprint density at radius 1 is 1.35 bits per heavy atom. The fourth-order valence-electron chi connectivity index (χ4n) is 2.71. The lowest BCUT2D eigenvalue weighted by Gasteiger charge is -2.29. The number of nitrogens with two attached hydrogens (primary N) is 1.